The van der Waals surface area contributed by atoms with Gasteiger partial charge in [-0.2, -0.15) is 0 Å². The second-order valence-electron chi connectivity index (χ2n) is 10.3. The Morgan fingerprint density at radius 1 is 1.23 bits per heavy atom. The molecule has 5 rings (SSSR count). The zero-order chi connectivity index (χ0) is 28.2. The average molecular weight is 564 g/mol. The molecule has 3 N–H and O–H groups in total. The van der Waals surface area contributed by atoms with Crippen molar-refractivity contribution in [3.63, 3.8) is 0 Å². The smallest absolute Gasteiger partial charge is 0.254 e. The topological polar surface area (TPSA) is 117 Å². The van der Waals surface area contributed by atoms with Crippen LogP contribution in [-0.4, -0.2) is 63.7 Å². The number of hydrogen-bond donors (Lipinski definition) is 3. The summed E-state index contributed by atoms with van der Waals surface area (Å²) in [4.78, 5) is 36.8. The van der Waals surface area contributed by atoms with Crippen LogP contribution in [0.3, 0.4) is 0 Å². The molecule has 1 fully saturated rings. The summed E-state index contributed by atoms with van der Waals surface area (Å²) in [7, 11) is 0. The van der Waals surface area contributed by atoms with E-state index in [0.29, 0.717) is 47.6 Å². The van der Waals surface area contributed by atoms with Crippen molar-refractivity contribution >= 4 is 29.4 Å². The summed E-state index contributed by atoms with van der Waals surface area (Å²) in [5, 5.41) is 17.0. The van der Waals surface area contributed by atoms with E-state index in [1.165, 1.54) is 4.90 Å². The first kappa shape index (κ1) is 28.0. The summed E-state index contributed by atoms with van der Waals surface area (Å²) in [5.74, 6) is -0.0928. The van der Waals surface area contributed by atoms with Crippen LogP contribution in [0.2, 0.25) is 5.02 Å². The van der Waals surface area contributed by atoms with Crippen LogP contribution in [0.15, 0.2) is 48.7 Å². The molecular formula is C30H34ClN5O4. The highest BCUT2D eigenvalue weighted by molar-refractivity contribution is 6.33. The number of anilines is 1. The molecule has 2 aromatic carbocycles. The fourth-order valence-electron chi connectivity index (χ4n) is 5.18. The number of aliphatic hydroxyl groups excluding tert-OH is 1. The highest BCUT2D eigenvalue weighted by atomic mass is 35.5. The van der Waals surface area contributed by atoms with Crippen LogP contribution in [0.1, 0.15) is 59.8 Å². The van der Waals surface area contributed by atoms with Crippen LogP contribution in [0.5, 0.6) is 0 Å². The monoisotopic (exact) mass is 563 g/mol. The van der Waals surface area contributed by atoms with E-state index in [2.05, 4.69) is 27.5 Å². The van der Waals surface area contributed by atoms with E-state index in [4.69, 9.17) is 16.3 Å². The third kappa shape index (κ3) is 6.27. The van der Waals surface area contributed by atoms with Crippen LogP contribution >= 0.6 is 11.6 Å². The molecule has 10 heteroatoms. The maximum absolute atomic E-state index is 13.3. The van der Waals surface area contributed by atoms with Crippen LogP contribution in [0.25, 0.3) is 11.3 Å². The van der Waals surface area contributed by atoms with Gasteiger partial charge in [-0.25, -0.2) is 9.97 Å². The van der Waals surface area contributed by atoms with Gasteiger partial charge in [0, 0.05) is 36.9 Å². The lowest BCUT2D eigenvalue weighted by molar-refractivity contribution is -0.123. The molecule has 0 bridgehead atoms. The van der Waals surface area contributed by atoms with E-state index < -0.39 is 12.1 Å². The summed E-state index contributed by atoms with van der Waals surface area (Å²) in [6, 6.07) is 13.0. The minimum Gasteiger partial charge on any atom is -0.391 e. The second kappa shape index (κ2) is 12.3. The van der Waals surface area contributed by atoms with Crippen molar-refractivity contribution in [2.45, 2.75) is 57.8 Å². The number of carbonyl (C=O) groups excluding carboxylic acids is 2. The summed E-state index contributed by atoms with van der Waals surface area (Å²) in [5.41, 5.74) is 4.53. The Morgan fingerprint density at radius 2 is 2.02 bits per heavy atom. The maximum atomic E-state index is 13.3. The predicted octanol–water partition coefficient (Wildman–Crippen LogP) is 4.14. The van der Waals surface area contributed by atoms with Gasteiger partial charge in [0.15, 0.2) is 0 Å². The minimum absolute atomic E-state index is 0.118. The molecule has 0 aliphatic carbocycles. The summed E-state index contributed by atoms with van der Waals surface area (Å²) in [6.07, 6.45) is 3.37. The second-order valence-corrected chi connectivity index (χ2v) is 10.7. The Labute approximate surface area is 238 Å². The number of aromatic nitrogens is 2. The molecule has 2 aliphatic rings. The Morgan fingerprint density at radius 3 is 2.77 bits per heavy atom. The highest BCUT2D eigenvalue weighted by Gasteiger charge is 2.31. The van der Waals surface area contributed by atoms with Crippen molar-refractivity contribution < 1.29 is 19.4 Å². The van der Waals surface area contributed by atoms with Crippen LogP contribution in [-0.2, 0) is 22.5 Å². The molecule has 2 unspecified atom stereocenters. The molecule has 1 aromatic heterocycles. The number of aliphatic hydroxyl groups is 1. The first-order valence-corrected chi connectivity index (χ1v) is 14.1. The van der Waals surface area contributed by atoms with Gasteiger partial charge in [0.2, 0.25) is 11.9 Å². The molecular weight excluding hydrogens is 530 g/mol. The van der Waals surface area contributed by atoms with Gasteiger partial charge in [-0.15, -0.1) is 0 Å². The third-order valence-electron chi connectivity index (χ3n) is 7.41. The lowest BCUT2D eigenvalue weighted by Crippen LogP contribution is -2.41. The number of nitrogens with one attached hydrogen (secondary N) is 2. The van der Waals surface area contributed by atoms with E-state index in [1.54, 1.807) is 19.2 Å². The highest BCUT2D eigenvalue weighted by Crippen LogP contribution is 2.32. The molecule has 210 valence electrons. The van der Waals surface area contributed by atoms with E-state index in [1.807, 2.05) is 36.4 Å². The van der Waals surface area contributed by atoms with Gasteiger partial charge in [-0.05, 0) is 48.9 Å². The number of carbonyl (C=O) groups is 2. The first-order valence-electron chi connectivity index (χ1n) is 13.7. The standard InChI is InChI=1S/C30H34ClN5O4/c1-3-19-5-4-6-20(13-19)27(18(2)37)34-26(38)17-36-16-22-8-7-21(14-24(22)29(36)39)28-25(31)15-32-30(35-28)33-23-9-11-40-12-10-23/h4-8,13-15,18,23,27,37H,3,9-12,16-17H2,1-2H3,(H,34,38)(H,32,33,35). The first-order chi connectivity index (χ1) is 19.3. The molecule has 2 aliphatic heterocycles. The number of ether oxygens (including phenoxy) is 1. The van der Waals surface area contributed by atoms with E-state index in [9.17, 15) is 14.7 Å². The molecule has 2 atom stereocenters. The van der Waals surface area contributed by atoms with Crippen molar-refractivity contribution in [3.05, 3.63) is 75.9 Å². The maximum Gasteiger partial charge on any atom is 0.254 e. The Kier molecular flexibility index (Phi) is 8.63. The zero-order valence-corrected chi connectivity index (χ0v) is 23.4. The van der Waals surface area contributed by atoms with Gasteiger partial charge < -0.3 is 25.4 Å². The molecule has 1 saturated heterocycles. The Bertz CT molecular complexity index is 1390. The minimum atomic E-state index is -0.798. The number of aryl methyl sites for hydroxylation is 1. The fraction of sp³-hybridized carbons (Fsp3) is 0.400. The largest absolute Gasteiger partial charge is 0.391 e. The lowest BCUT2D eigenvalue weighted by atomic mass is 9.99. The molecule has 0 spiro atoms. The number of nitrogens with zero attached hydrogens (tertiary/aromatic N) is 3. The van der Waals surface area contributed by atoms with Gasteiger partial charge in [0.05, 0.1) is 29.1 Å². The number of rotatable bonds is 9. The molecule has 2 amide bonds. The van der Waals surface area contributed by atoms with Gasteiger partial charge in [-0.3, -0.25) is 9.59 Å². The van der Waals surface area contributed by atoms with E-state index in [0.717, 1.165) is 36.0 Å². The van der Waals surface area contributed by atoms with Crippen LogP contribution in [0, 0.1) is 0 Å². The number of benzene rings is 2. The SMILES string of the molecule is CCc1cccc(C(NC(=O)CN2Cc3ccc(-c4nc(NC5CCOCC5)ncc4Cl)cc3C2=O)C(C)O)c1. The van der Waals surface area contributed by atoms with Crippen molar-refractivity contribution in [2.24, 2.45) is 0 Å². The Hall–Kier alpha value is -3.53. The van der Waals surface area contributed by atoms with Crippen molar-refractivity contribution in [1.29, 1.82) is 0 Å². The number of halogens is 1. The van der Waals surface area contributed by atoms with Gasteiger partial charge in [0.25, 0.3) is 5.91 Å². The normalized spacial score (nSPS) is 16.9. The molecule has 0 saturated carbocycles. The zero-order valence-electron chi connectivity index (χ0n) is 22.7. The van der Waals surface area contributed by atoms with Gasteiger partial charge in [0.1, 0.15) is 6.54 Å². The lowest BCUT2D eigenvalue weighted by Gasteiger charge is -2.24. The third-order valence-corrected chi connectivity index (χ3v) is 7.69. The van der Waals surface area contributed by atoms with E-state index in [-0.39, 0.29) is 24.4 Å². The molecule has 3 aromatic rings. The van der Waals surface area contributed by atoms with Crippen molar-refractivity contribution in [2.75, 3.05) is 25.1 Å². The molecule has 9 nitrogen and oxygen atoms in total. The van der Waals surface area contributed by atoms with Crippen molar-refractivity contribution in [1.82, 2.24) is 20.2 Å². The summed E-state index contributed by atoms with van der Waals surface area (Å²) in [6.45, 7) is 5.30. The Balaban J connectivity index is 1.28. The summed E-state index contributed by atoms with van der Waals surface area (Å²) < 4.78 is 5.42. The van der Waals surface area contributed by atoms with Gasteiger partial charge in [-0.1, -0.05) is 54.9 Å². The van der Waals surface area contributed by atoms with E-state index >= 15 is 0 Å². The predicted molar refractivity (Wildman–Crippen MR) is 153 cm³/mol. The quantitative estimate of drug-likeness (QED) is 0.358. The number of fused-ring (bicyclic) bond motifs is 1. The van der Waals surface area contributed by atoms with Crippen molar-refractivity contribution in [3.8, 4) is 11.3 Å². The summed E-state index contributed by atoms with van der Waals surface area (Å²) >= 11 is 6.46. The van der Waals surface area contributed by atoms with Crippen LogP contribution < -0.4 is 10.6 Å². The number of hydrogen-bond acceptors (Lipinski definition) is 7. The molecule has 40 heavy (non-hydrogen) atoms. The molecule has 0 radical (unpaired) electrons. The van der Waals surface area contributed by atoms with Crippen LogP contribution in [0.4, 0.5) is 5.95 Å². The number of amides is 2. The molecule has 3 heterocycles. The average Bonchev–Trinajstić information content (AvgIpc) is 3.27. The van der Waals surface area contributed by atoms with Gasteiger partial charge >= 0.3 is 0 Å². The fourth-order valence-corrected chi connectivity index (χ4v) is 5.38.